The smallest absolute Gasteiger partial charge is 0.419 e. The van der Waals surface area contributed by atoms with E-state index in [0.29, 0.717) is 25.8 Å². The molecular weight excluding hydrogens is 311 g/mol. The Balaban J connectivity index is 1.75. The van der Waals surface area contributed by atoms with E-state index in [0.717, 1.165) is 19.0 Å². The maximum absolute atomic E-state index is 12.8. The molecule has 0 aliphatic carbocycles. The fourth-order valence-corrected chi connectivity index (χ4v) is 2.80. The summed E-state index contributed by atoms with van der Waals surface area (Å²) in [7, 11) is 0. The molecule has 1 aromatic carbocycles. The first-order chi connectivity index (χ1) is 10.9. The van der Waals surface area contributed by atoms with Gasteiger partial charge in [0.2, 0.25) is 0 Å². The largest absolute Gasteiger partial charge is 0.493 e. The number of aliphatic carboxylic acids is 1. The van der Waals surface area contributed by atoms with Crippen LogP contribution in [-0.4, -0.2) is 41.7 Å². The molecule has 1 heterocycles. The Kier molecular flexibility index (Phi) is 5.87. The van der Waals surface area contributed by atoms with Crippen molar-refractivity contribution >= 4 is 5.97 Å². The van der Waals surface area contributed by atoms with Crippen LogP contribution in [0.4, 0.5) is 13.2 Å². The van der Waals surface area contributed by atoms with E-state index in [4.69, 9.17) is 9.84 Å². The van der Waals surface area contributed by atoms with Gasteiger partial charge in [-0.15, -0.1) is 0 Å². The summed E-state index contributed by atoms with van der Waals surface area (Å²) in [5.74, 6) is -0.970. The summed E-state index contributed by atoms with van der Waals surface area (Å²) in [6.45, 7) is 1.56. The number of rotatable bonds is 7. The number of nitrogens with zero attached hydrogens (tertiary/aromatic N) is 1. The first-order valence-corrected chi connectivity index (χ1v) is 7.65. The Labute approximate surface area is 132 Å². The van der Waals surface area contributed by atoms with Crippen molar-refractivity contribution in [3.8, 4) is 5.75 Å². The molecule has 7 heteroatoms. The molecule has 0 amide bonds. The lowest BCUT2D eigenvalue weighted by atomic mass is 10.2. The minimum Gasteiger partial charge on any atom is -0.493 e. The molecule has 2 rings (SSSR count). The molecule has 1 aliphatic heterocycles. The summed E-state index contributed by atoms with van der Waals surface area (Å²) in [6, 6.07) is 4.71. The van der Waals surface area contributed by atoms with Gasteiger partial charge in [0.1, 0.15) is 11.8 Å². The van der Waals surface area contributed by atoms with Crippen LogP contribution in [0.5, 0.6) is 5.75 Å². The highest BCUT2D eigenvalue weighted by atomic mass is 19.4. The van der Waals surface area contributed by atoms with E-state index in [-0.39, 0.29) is 12.4 Å². The number of carboxylic acids is 1. The van der Waals surface area contributed by atoms with Gasteiger partial charge in [0.25, 0.3) is 0 Å². The molecule has 0 radical (unpaired) electrons. The van der Waals surface area contributed by atoms with Crippen LogP contribution in [0.25, 0.3) is 0 Å². The number of benzene rings is 1. The Bertz CT molecular complexity index is 534. The van der Waals surface area contributed by atoms with Gasteiger partial charge < -0.3 is 9.84 Å². The average molecular weight is 331 g/mol. The molecule has 0 saturated carbocycles. The zero-order valence-corrected chi connectivity index (χ0v) is 12.7. The van der Waals surface area contributed by atoms with E-state index < -0.39 is 23.8 Å². The highest BCUT2D eigenvalue weighted by Crippen LogP contribution is 2.35. The van der Waals surface area contributed by atoms with Crippen LogP contribution in [0.2, 0.25) is 0 Å². The average Bonchev–Trinajstić information content (AvgIpc) is 2.95. The molecule has 0 aromatic heterocycles. The first kappa shape index (κ1) is 17.6. The third-order valence-electron chi connectivity index (χ3n) is 3.94. The van der Waals surface area contributed by atoms with Crippen molar-refractivity contribution < 1.29 is 27.8 Å². The summed E-state index contributed by atoms with van der Waals surface area (Å²) in [4.78, 5) is 13.0. The number of ether oxygens (including phenoxy) is 1. The van der Waals surface area contributed by atoms with Crippen molar-refractivity contribution in [2.24, 2.45) is 0 Å². The number of para-hydroxylation sites is 1. The van der Waals surface area contributed by atoms with Crippen LogP contribution in [-0.2, 0) is 11.0 Å². The number of alkyl halides is 3. The number of likely N-dealkylation sites (tertiary alicyclic amines) is 1. The van der Waals surface area contributed by atoms with E-state index in [1.165, 1.54) is 18.2 Å². The normalized spacial score (nSPS) is 19.0. The fraction of sp³-hybridized carbons (Fsp3) is 0.562. The molecule has 1 unspecified atom stereocenters. The van der Waals surface area contributed by atoms with Gasteiger partial charge in [-0.1, -0.05) is 12.1 Å². The number of carbonyl (C=O) groups is 1. The number of hydrogen-bond donors (Lipinski definition) is 1. The van der Waals surface area contributed by atoms with E-state index in [1.54, 1.807) is 0 Å². The highest BCUT2D eigenvalue weighted by Gasteiger charge is 2.34. The molecule has 4 nitrogen and oxygen atoms in total. The SMILES string of the molecule is O=C(O)C1CCCN1CCCCOc1ccccc1C(F)(F)F. The number of hydrogen-bond acceptors (Lipinski definition) is 3. The predicted octanol–water partition coefficient (Wildman–Crippen LogP) is 3.41. The molecule has 1 saturated heterocycles. The maximum atomic E-state index is 12.8. The molecule has 0 spiro atoms. The minimum absolute atomic E-state index is 0.162. The second-order valence-electron chi connectivity index (χ2n) is 5.58. The van der Waals surface area contributed by atoms with E-state index in [9.17, 15) is 18.0 Å². The van der Waals surface area contributed by atoms with Gasteiger partial charge in [-0.05, 0) is 50.9 Å². The van der Waals surface area contributed by atoms with Gasteiger partial charge in [0, 0.05) is 0 Å². The third-order valence-corrected chi connectivity index (χ3v) is 3.94. The lowest BCUT2D eigenvalue weighted by Gasteiger charge is -2.20. The Morgan fingerprint density at radius 1 is 1.30 bits per heavy atom. The molecule has 1 fully saturated rings. The van der Waals surface area contributed by atoms with Gasteiger partial charge >= 0.3 is 12.1 Å². The Hall–Kier alpha value is -1.76. The molecule has 1 aromatic rings. The highest BCUT2D eigenvalue weighted by molar-refractivity contribution is 5.73. The van der Waals surface area contributed by atoms with Crippen LogP contribution in [0.3, 0.4) is 0 Å². The summed E-state index contributed by atoms with van der Waals surface area (Å²) < 4.78 is 43.7. The van der Waals surface area contributed by atoms with Crippen molar-refractivity contribution in [1.82, 2.24) is 4.90 Å². The summed E-state index contributed by atoms with van der Waals surface area (Å²) in [5, 5.41) is 9.07. The van der Waals surface area contributed by atoms with Crippen molar-refractivity contribution in [2.75, 3.05) is 19.7 Å². The van der Waals surface area contributed by atoms with Gasteiger partial charge in [-0.3, -0.25) is 9.69 Å². The monoisotopic (exact) mass is 331 g/mol. The van der Waals surface area contributed by atoms with Gasteiger partial charge in [0.05, 0.1) is 12.2 Å². The molecule has 0 bridgehead atoms. The molecule has 23 heavy (non-hydrogen) atoms. The lowest BCUT2D eigenvalue weighted by Crippen LogP contribution is -2.36. The molecular formula is C16H20F3NO3. The Morgan fingerprint density at radius 2 is 2.04 bits per heavy atom. The van der Waals surface area contributed by atoms with E-state index in [2.05, 4.69) is 0 Å². The number of carboxylic acid groups (broad SMARTS) is 1. The zero-order valence-electron chi connectivity index (χ0n) is 12.7. The van der Waals surface area contributed by atoms with Crippen molar-refractivity contribution in [3.05, 3.63) is 29.8 Å². The van der Waals surface area contributed by atoms with Crippen molar-refractivity contribution in [3.63, 3.8) is 0 Å². The third kappa shape index (κ3) is 4.86. The topological polar surface area (TPSA) is 49.8 Å². The molecule has 128 valence electrons. The standard InChI is InChI=1S/C16H20F3NO3/c17-16(18,19)12-6-1-2-8-14(12)23-11-4-3-9-20-10-5-7-13(20)15(21)22/h1-2,6,8,13H,3-5,7,9-11H2,(H,21,22). The van der Waals surface area contributed by atoms with Gasteiger partial charge in [-0.25, -0.2) is 0 Å². The van der Waals surface area contributed by atoms with E-state index >= 15 is 0 Å². The Morgan fingerprint density at radius 3 is 2.74 bits per heavy atom. The summed E-state index contributed by atoms with van der Waals surface area (Å²) in [6.07, 6.45) is -1.63. The van der Waals surface area contributed by atoms with Gasteiger partial charge in [0.15, 0.2) is 0 Å². The van der Waals surface area contributed by atoms with Crippen molar-refractivity contribution in [2.45, 2.75) is 37.9 Å². The number of unbranched alkanes of at least 4 members (excludes halogenated alkanes) is 1. The van der Waals surface area contributed by atoms with Crippen LogP contribution in [0.1, 0.15) is 31.2 Å². The quantitative estimate of drug-likeness (QED) is 0.778. The van der Waals surface area contributed by atoms with Crippen LogP contribution >= 0.6 is 0 Å². The molecule has 1 N–H and O–H groups in total. The van der Waals surface area contributed by atoms with Crippen LogP contribution in [0.15, 0.2) is 24.3 Å². The second-order valence-corrected chi connectivity index (χ2v) is 5.58. The van der Waals surface area contributed by atoms with Gasteiger partial charge in [-0.2, -0.15) is 13.2 Å². The maximum Gasteiger partial charge on any atom is 0.419 e. The molecule has 1 atom stereocenters. The number of halogens is 3. The van der Waals surface area contributed by atoms with E-state index in [1.807, 2.05) is 4.90 Å². The van der Waals surface area contributed by atoms with Crippen LogP contribution in [0, 0.1) is 0 Å². The molecule has 1 aliphatic rings. The summed E-state index contributed by atoms with van der Waals surface area (Å²) >= 11 is 0. The lowest BCUT2D eigenvalue weighted by molar-refractivity contribution is -0.142. The van der Waals surface area contributed by atoms with Crippen LogP contribution < -0.4 is 4.74 Å². The first-order valence-electron chi connectivity index (χ1n) is 7.65. The second kappa shape index (κ2) is 7.68. The zero-order chi connectivity index (χ0) is 16.9. The van der Waals surface area contributed by atoms with Crippen molar-refractivity contribution in [1.29, 1.82) is 0 Å². The predicted molar refractivity (Wildman–Crippen MR) is 78.4 cm³/mol. The summed E-state index contributed by atoms with van der Waals surface area (Å²) in [5.41, 5.74) is -0.773. The fourth-order valence-electron chi connectivity index (χ4n) is 2.80. The minimum atomic E-state index is -4.43.